The highest BCUT2D eigenvalue weighted by Crippen LogP contribution is 2.27. The van der Waals surface area contributed by atoms with E-state index >= 15 is 0 Å². The van der Waals surface area contributed by atoms with Crippen molar-refractivity contribution in [3.05, 3.63) is 0 Å². The molecule has 0 radical (unpaired) electrons. The third-order valence-corrected chi connectivity index (χ3v) is 5.85. The zero-order valence-electron chi connectivity index (χ0n) is 16.2. The van der Waals surface area contributed by atoms with Gasteiger partial charge in [-0.25, -0.2) is 4.99 Å². The fraction of sp³-hybridized carbons (Fsp3) is 0.882. The van der Waals surface area contributed by atoms with Crippen molar-refractivity contribution < 1.29 is 9.53 Å². The first kappa shape index (κ1) is 23.8. The van der Waals surface area contributed by atoms with Crippen molar-refractivity contribution in [2.24, 2.45) is 4.99 Å². The number of ether oxygens (including phenoxy) is 1. The Morgan fingerprint density at radius 2 is 2.04 bits per heavy atom. The number of amides is 1. The van der Waals surface area contributed by atoms with Crippen LogP contribution < -0.4 is 10.6 Å². The molecule has 0 aromatic carbocycles. The summed E-state index contributed by atoms with van der Waals surface area (Å²) in [7, 11) is 3.52. The number of morpholine rings is 1. The van der Waals surface area contributed by atoms with Gasteiger partial charge in [-0.1, -0.05) is 0 Å². The summed E-state index contributed by atoms with van der Waals surface area (Å²) in [5, 5.41) is 7.66. The van der Waals surface area contributed by atoms with Crippen LogP contribution in [0, 0.1) is 0 Å². The van der Waals surface area contributed by atoms with Crippen molar-refractivity contribution in [3.8, 4) is 0 Å². The molecule has 2 rings (SSSR count). The second kappa shape index (κ2) is 13.0. The van der Waals surface area contributed by atoms with Crippen molar-refractivity contribution >= 4 is 47.6 Å². The number of halogens is 1. The number of carbonyl (C=O) groups excluding carboxylic acids is 1. The molecular weight excluding hydrogens is 465 g/mol. The Bertz CT molecular complexity index is 447. The Balaban J connectivity index is 0.00000338. The average molecular weight is 499 g/mol. The van der Waals surface area contributed by atoms with Gasteiger partial charge >= 0.3 is 0 Å². The normalized spacial score (nSPS) is 24.0. The van der Waals surface area contributed by atoms with E-state index in [-0.39, 0.29) is 36.4 Å². The molecule has 2 aliphatic rings. The Hall–Kier alpha value is -0.260. The van der Waals surface area contributed by atoms with E-state index in [4.69, 9.17) is 4.74 Å². The molecular formula is C17H34IN5O2S. The maximum absolute atomic E-state index is 11.8. The van der Waals surface area contributed by atoms with Gasteiger partial charge in [0.05, 0.1) is 13.2 Å². The summed E-state index contributed by atoms with van der Waals surface area (Å²) in [6, 6.07) is 0.446. The minimum absolute atomic E-state index is 0. The van der Waals surface area contributed by atoms with Crippen molar-refractivity contribution in [2.45, 2.75) is 30.6 Å². The lowest BCUT2D eigenvalue weighted by Crippen LogP contribution is -2.47. The summed E-state index contributed by atoms with van der Waals surface area (Å²) < 4.78 is 5.38. The molecule has 1 aliphatic carbocycles. The second-order valence-electron chi connectivity index (χ2n) is 6.85. The van der Waals surface area contributed by atoms with Gasteiger partial charge in [0.2, 0.25) is 5.91 Å². The van der Waals surface area contributed by atoms with E-state index < -0.39 is 0 Å². The SMILES string of the molecule is CSC1CCC(NC(=NCC(=O)N(C)C)NCCN2CCOCC2)C1.I. The van der Waals surface area contributed by atoms with E-state index in [1.165, 1.54) is 6.42 Å². The molecule has 0 aromatic heterocycles. The summed E-state index contributed by atoms with van der Waals surface area (Å²) in [6.45, 7) is 5.56. The first-order chi connectivity index (χ1) is 12.1. The van der Waals surface area contributed by atoms with Crippen molar-refractivity contribution in [1.82, 2.24) is 20.4 Å². The van der Waals surface area contributed by atoms with E-state index in [0.29, 0.717) is 6.04 Å². The van der Waals surface area contributed by atoms with Gasteiger partial charge in [0.25, 0.3) is 0 Å². The molecule has 2 N–H and O–H groups in total. The van der Waals surface area contributed by atoms with Crippen LogP contribution in [0.25, 0.3) is 0 Å². The van der Waals surface area contributed by atoms with Crippen LogP contribution >= 0.6 is 35.7 Å². The Kier molecular flexibility index (Phi) is 11.9. The second-order valence-corrected chi connectivity index (χ2v) is 7.98. The third kappa shape index (κ3) is 8.62. The molecule has 152 valence electrons. The molecule has 0 spiro atoms. The predicted molar refractivity (Wildman–Crippen MR) is 120 cm³/mol. The van der Waals surface area contributed by atoms with Gasteiger partial charge in [-0.2, -0.15) is 11.8 Å². The molecule has 2 fully saturated rings. The standard InChI is InChI=1S/C17H33N5O2S.HI/c1-21(2)16(23)13-19-17(20-14-4-5-15(12-14)25-3)18-6-7-22-8-10-24-11-9-22;/h14-15H,4-13H2,1-3H3,(H2,18,19,20);1H. The molecule has 1 aliphatic heterocycles. The smallest absolute Gasteiger partial charge is 0.243 e. The number of thioether (sulfide) groups is 1. The van der Waals surface area contributed by atoms with Gasteiger partial charge in [0.1, 0.15) is 6.54 Å². The van der Waals surface area contributed by atoms with Crippen LogP contribution in [0.5, 0.6) is 0 Å². The van der Waals surface area contributed by atoms with Crippen LogP contribution in [0.4, 0.5) is 0 Å². The lowest BCUT2D eigenvalue weighted by atomic mass is 10.2. The monoisotopic (exact) mass is 499 g/mol. The van der Waals surface area contributed by atoms with Gasteiger partial charge in [-0.15, -0.1) is 24.0 Å². The number of nitrogens with zero attached hydrogens (tertiary/aromatic N) is 3. The van der Waals surface area contributed by atoms with Crippen LogP contribution in [0.15, 0.2) is 4.99 Å². The summed E-state index contributed by atoms with van der Waals surface area (Å²) in [5.74, 6) is 0.776. The summed E-state index contributed by atoms with van der Waals surface area (Å²) >= 11 is 1.94. The average Bonchev–Trinajstić information content (AvgIpc) is 3.07. The van der Waals surface area contributed by atoms with Gasteiger partial charge in [0.15, 0.2) is 5.96 Å². The molecule has 2 atom stereocenters. The first-order valence-corrected chi connectivity index (χ1v) is 10.4. The number of nitrogens with one attached hydrogen (secondary N) is 2. The fourth-order valence-electron chi connectivity index (χ4n) is 3.08. The van der Waals surface area contributed by atoms with E-state index in [1.54, 1.807) is 19.0 Å². The van der Waals surface area contributed by atoms with E-state index in [2.05, 4.69) is 26.8 Å². The molecule has 1 saturated carbocycles. The molecule has 7 nitrogen and oxygen atoms in total. The van der Waals surface area contributed by atoms with Crippen LogP contribution in [-0.2, 0) is 9.53 Å². The van der Waals surface area contributed by atoms with Crippen LogP contribution in [0.3, 0.4) is 0 Å². The summed E-state index contributed by atoms with van der Waals surface area (Å²) in [4.78, 5) is 20.3. The summed E-state index contributed by atoms with van der Waals surface area (Å²) in [5.41, 5.74) is 0. The van der Waals surface area contributed by atoms with Crippen LogP contribution in [0.2, 0.25) is 0 Å². The number of rotatable bonds is 7. The molecule has 2 unspecified atom stereocenters. The van der Waals surface area contributed by atoms with Crippen molar-refractivity contribution in [1.29, 1.82) is 0 Å². The number of hydrogen-bond donors (Lipinski definition) is 2. The van der Waals surface area contributed by atoms with Crippen molar-refractivity contribution in [3.63, 3.8) is 0 Å². The Morgan fingerprint density at radius 1 is 1.31 bits per heavy atom. The molecule has 9 heteroatoms. The number of carbonyl (C=O) groups is 1. The van der Waals surface area contributed by atoms with Gasteiger partial charge in [-0.3, -0.25) is 9.69 Å². The third-order valence-electron chi connectivity index (χ3n) is 4.75. The highest BCUT2D eigenvalue weighted by atomic mass is 127. The number of hydrogen-bond acceptors (Lipinski definition) is 5. The minimum Gasteiger partial charge on any atom is -0.379 e. The molecule has 1 saturated heterocycles. The minimum atomic E-state index is 0. The Labute approximate surface area is 179 Å². The number of guanidine groups is 1. The van der Waals surface area contributed by atoms with E-state index in [1.807, 2.05) is 11.8 Å². The zero-order chi connectivity index (χ0) is 18.1. The lowest BCUT2D eigenvalue weighted by molar-refractivity contribution is -0.127. The predicted octanol–water partition coefficient (Wildman–Crippen LogP) is 0.844. The topological polar surface area (TPSA) is 69.2 Å². The molecule has 26 heavy (non-hydrogen) atoms. The largest absolute Gasteiger partial charge is 0.379 e. The van der Waals surface area contributed by atoms with E-state index in [0.717, 1.165) is 63.4 Å². The van der Waals surface area contributed by atoms with Crippen molar-refractivity contribution in [2.75, 3.05) is 66.3 Å². The maximum atomic E-state index is 11.8. The highest BCUT2D eigenvalue weighted by Gasteiger charge is 2.24. The maximum Gasteiger partial charge on any atom is 0.243 e. The van der Waals surface area contributed by atoms with Gasteiger partial charge in [0, 0.05) is 51.6 Å². The van der Waals surface area contributed by atoms with E-state index in [9.17, 15) is 4.79 Å². The van der Waals surface area contributed by atoms with Crippen LogP contribution in [-0.4, -0.2) is 99.2 Å². The molecule has 1 heterocycles. The first-order valence-electron chi connectivity index (χ1n) is 9.16. The molecule has 0 bridgehead atoms. The van der Waals surface area contributed by atoms with Crippen LogP contribution in [0.1, 0.15) is 19.3 Å². The van der Waals surface area contributed by atoms with Gasteiger partial charge in [-0.05, 0) is 25.5 Å². The number of likely N-dealkylation sites (N-methyl/N-ethyl adjacent to an activating group) is 1. The Morgan fingerprint density at radius 3 is 2.65 bits per heavy atom. The molecule has 0 aromatic rings. The fourth-order valence-corrected chi connectivity index (χ4v) is 3.87. The zero-order valence-corrected chi connectivity index (χ0v) is 19.3. The van der Waals surface area contributed by atoms with Gasteiger partial charge < -0.3 is 20.3 Å². The quantitative estimate of drug-likeness (QED) is 0.308. The lowest BCUT2D eigenvalue weighted by Gasteiger charge is -2.27. The summed E-state index contributed by atoms with van der Waals surface area (Å²) in [6.07, 6.45) is 5.75. The number of aliphatic imine (C=N–C) groups is 1. The highest BCUT2D eigenvalue weighted by molar-refractivity contribution is 14.0. The molecule has 1 amide bonds.